The van der Waals surface area contributed by atoms with Crippen molar-refractivity contribution in [3.63, 3.8) is 0 Å². The Labute approximate surface area is 138 Å². The fourth-order valence-electron chi connectivity index (χ4n) is 3.14. The highest BCUT2D eigenvalue weighted by Gasteiger charge is 2.05. The molecule has 0 unspecified atom stereocenters. The van der Waals surface area contributed by atoms with Gasteiger partial charge in [0.1, 0.15) is 0 Å². The first-order valence-electron chi connectivity index (χ1n) is 8.03. The van der Waals surface area contributed by atoms with Crippen LogP contribution in [-0.2, 0) is 6.42 Å². The lowest BCUT2D eigenvalue weighted by Gasteiger charge is -1.96. The van der Waals surface area contributed by atoms with Crippen molar-refractivity contribution in [2.24, 2.45) is 4.99 Å². The Kier molecular flexibility index (Phi) is 2.82. The van der Waals surface area contributed by atoms with Gasteiger partial charge in [-0.15, -0.1) is 0 Å². The minimum Gasteiger partial charge on any atom is -0.359 e. The van der Waals surface area contributed by atoms with Crippen molar-refractivity contribution < 1.29 is 0 Å². The lowest BCUT2D eigenvalue weighted by Crippen LogP contribution is -2.10. The van der Waals surface area contributed by atoms with Gasteiger partial charge in [-0.3, -0.25) is 0 Å². The SMILES string of the molecule is C1=C/C2=C/c3ccc([nH]3)Cc3ccc([nH]3)C=c3ccc([nH]3)=CC1=N2. The number of nitrogens with one attached hydrogen (secondary N) is 3. The van der Waals surface area contributed by atoms with Gasteiger partial charge in [-0.2, -0.15) is 0 Å². The van der Waals surface area contributed by atoms with Crippen LogP contribution in [0, 0.1) is 0 Å². The van der Waals surface area contributed by atoms with E-state index >= 15 is 0 Å². The minimum absolute atomic E-state index is 0.852. The molecule has 8 bridgehead atoms. The maximum Gasteiger partial charge on any atom is 0.0658 e. The van der Waals surface area contributed by atoms with E-state index in [0.29, 0.717) is 0 Å². The molecular weight excluding hydrogens is 296 g/mol. The second kappa shape index (κ2) is 5.13. The Bertz CT molecular complexity index is 1130. The Balaban J connectivity index is 1.70. The minimum atomic E-state index is 0.852. The normalized spacial score (nSPS) is 17.7. The number of fused-ring (bicyclic) bond motifs is 7. The van der Waals surface area contributed by atoms with Crippen molar-refractivity contribution in [2.45, 2.75) is 6.42 Å². The van der Waals surface area contributed by atoms with Crippen LogP contribution in [0.5, 0.6) is 0 Å². The fourth-order valence-corrected chi connectivity index (χ4v) is 3.14. The highest BCUT2D eigenvalue weighted by molar-refractivity contribution is 6.19. The molecule has 0 aromatic carbocycles. The predicted molar refractivity (Wildman–Crippen MR) is 97.0 cm³/mol. The second-order valence-electron chi connectivity index (χ2n) is 6.15. The van der Waals surface area contributed by atoms with Crippen LogP contribution in [-0.4, -0.2) is 20.7 Å². The number of hydrogen-bond donors (Lipinski definition) is 3. The van der Waals surface area contributed by atoms with Gasteiger partial charge in [0.2, 0.25) is 0 Å². The highest BCUT2D eigenvalue weighted by Crippen LogP contribution is 2.16. The van der Waals surface area contributed by atoms with Gasteiger partial charge in [0.05, 0.1) is 11.4 Å². The summed E-state index contributed by atoms with van der Waals surface area (Å²) in [4.78, 5) is 15.0. The predicted octanol–water partition coefficient (Wildman–Crippen LogP) is 2.24. The second-order valence-corrected chi connectivity index (χ2v) is 6.15. The maximum atomic E-state index is 4.65. The summed E-state index contributed by atoms with van der Waals surface area (Å²) in [5, 5.41) is 2.12. The molecule has 4 heteroatoms. The average molecular weight is 312 g/mol. The monoisotopic (exact) mass is 312 g/mol. The van der Waals surface area contributed by atoms with Gasteiger partial charge in [0, 0.05) is 39.9 Å². The molecule has 2 aliphatic heterocycles. The van der Waals surface area contributed by atoms with Gasteiger partial charge in [-0.25, -0.2) is 4.99 Å². The van der Waals surface area contributed by atoms with Crippen molar-refractivity contribution in [3.05, 3.63) is 87.7 Å². The molecule has 3 aromatic heterocycles. The zero-order valence-electron chi connectivity index (χ0n) is 13.0. The topological polar surface area (TPSA) is 59.7 Å². The van der Waals surface area contributed by atoms with Crippen molar-refractivity contribution >= 4 is 23.9 Å². The summed E-state index contributed by atoms with van der Waals surface area (Å²) in [6, 6.07) is 12.6. The molecule has 116 valence electrons. The van der Waals surface area contributed by atoms with E-state index in [2.05, 4.69) is 74.6 Å². The molecule has 3 N–H and O–H groups in total. The number of allylic oxidation sites excluding steroid dienone is 2. The molecule has 24 heavy (non-hydrogen) atoms. The third-order valence-electron chi connectivity index (χ3n) is 4.25. The number of nitrogens with zero attached hydrogens (tertiary/aromatic N) is 1. The van der Waals surface area contributed by atoms with Crippen molar-refractivity contribution in [2.75, 3.05) is 0 Å². The van der Waals surface area contributed by atoms with Gasteiger partial charge < -0.3 is 15.0 Å². The number of aliphatic imine (C=N–C) groups is 1. The average Bonchev–Trinajstić information content (AvgIpc) is 3.32. The Morgan fingerprint density at radius 2 is 1.38 bits per heavy atom. The van der Waals surface area contributed by atoms with Gasteiger partial charge in [0.25, 0.3) is 0 Å². The summed E-state index contributed by atoms with van der Waals surface area (Å²) >= 11 is 0. The van der Waals surface area contributed by atoms with Gasteiger partial charge in [-0.05, 0) is 66.8 Å². The van der Waals surface area contributed by atoms with E-state index in [1.165, 1.54) is 11.4 Å². The van der Waals surface area contributed by atoms with Crippen LogP contribution in [0.25, 0.3) is 18.2 Å². The smallest absolute Gasteiger partial charge is 0.0658 e. The first-order valence-corrected chi connectivity index (χ1v) is 8.03. The highest BCUT2D eigenvalue weighted by atomic mass is 14.8. The fraction of sp³-hybridized carbons (Fsp3) is 0.0500. The van der Waals surface area contributed by atoms with Crippen molar-refractivity contribution in [1.29, 1.82) is 0 Å². The van der Waals surface area contributed by atoms with E-state index in [1.54, 1.807) is 0 Å². The Morgan fingerprint density at radius 3 is 2.17 bits per heavy atom. The lowest BCUT2D eigenvalue weighted by molar-refractivity contribution is 1.04. The Hall–Kier alpha value is -3.27. The molecule has 0 aliphatic carbocycles. The molecule has 0 fully saturated rings. The number of aromatic amines is 3. The zero-order valence-corrected chi connectivity index (χ0v) is 13.0. The van der Waals surface area contributed by atoms with E-state index in [1.807, 2.05) is 12.2 Å². The molecular formula is C20H16N4. The van der Waals surface area contributed by atoms with Crippen LogP contribution >= 0.6 is 0 Å². The van der Waals surface area contributed by atoms with E-state index in [4.69, 9.17) is 0 Å². The molecule has 0 saturated carbocycles. The maximum absolute atomic E-state index is 4.65. The Morgan fingerprint density at radius 1 is 0.667 bits per heavy atom. The molecule has 0 radical (unpaired) electrons. The van der Waals surface area contributed by atoms with Gasteiger partial charge in [0.15, 0.2) is 0 Å². The molecule has 0 atom stereocenters. The van der Waals surface area contributed by atoms with E-state index in [-0.39, 0.29) is 0 Å². The first kappa shape index (κ1) is 13.2. The summed E-state index contributed by atoms with van der Waals surface area (Å²) in [6.45, 7) is 0. The van der Waals surface area contributed by atoms with Crippen LogP contribution in [0.15, 0.2) is 59.2 Å². The quantitative estimate of drug-likeness (QED) is 0.570. The molecule has 4 nitrogen and oxygen atoms in total. The van der Waals surface area contributed by atoms with Crippen molar-refractivity contribution in [3.8, 4) is 0 Å². The molecule has 0 spiro atoms. The number of H-pyrrole nitrogens is 3. The standard InChI is InChI=1S/C20H16N4/c1-2-14-10-16-5-6-18(23-16)12-20-8-7-19(24-20)11-17-4-3-15(22-17)9-13(1)21-14/h1-11,21,23-24H,12H2/b13-9?,14-10?,17-11-. The summed E-state index contributed by atoms with van der Waals surface area (Å²) in [6.07, 6.45) is 11.2. The first-order chi connectivity index (χ1) is 11.8. The van der Waals surface area contributed by atoms with Crippen LogP contribution in [0.1, 0.15) is 22.8 Å². The molecule has 0 saturated heterocycles. The summed E-state index contributed by atoms with van der Waals surface area (Å²) in [5.41, 5.74) is 6.45. The molecule has 2 aliphatic rings. The number of aromatic nitrogens is 3. The summed E-state index contributed by atoms with van der Waals surface area (Å²) in [7, 11) is 0. The number of rotatable bonds is 0. The van der Waals surface area contributed by atoms with Gasteiger partial charge >= 0.3 is 0 Å². The van der Waals surface area contributed by atoms with E-state index < -0.39 is 0 Å². The molecule has 0 amide bonds. The van der Waals surface area contributed by atoms with E-state index in [9.17, 15) is 0 Å². The summed E-state index contributed by atoms with van der Waals surface area (Å²) in [5.74, 6) is 0. The van der Waals surface area contributed by atoms with E-state index in [0.717, 1.165) is 39.9 Å². The molecule has 3 aromatic rings. The third kappa shape index (κ3) is 2.48. The van der Waals surface area contributed by atoms with Gasteiger partial charge in [-0.1, -0.05) is 0 Å². The van der Waals surface area contributed by atoms with Crippen LogP contribution in [0.2, 0.25) is 0 Å². The molecule has 5 heterocycles. The summed E-state index contributed by atoms with van der Waals surface area (Å²) < 4.78 is 0. The third-order valence-corrected chi connectivity index (χ3v) is 4.25. The van der Waals surface area contributed by atoms with Crippen LogP contribution < -0.4 is 10.7 Å². The molecule has 5 rings (SSSR count). The number of hydrogen-bond acceptors (Lipinski definition) is 1. The van der Waals surface area contributed by atoms with Crippen LogP contribution in [0.4, 0.5) is 0 Å². The lowest BCUT2D eigenvalue weighted by atomic mass is 10.2. The van der Waals surface area contributed by atoms with Crippen molar-refractivity contribution in [1.82, 2.24) is 15.0 Å². The van der Waals surface area contributed by atoms with Crippen LogP contribution in [0.3, 0.4) is 0 Å². The zero-order chi connectivity index (χ0) is 15.9. The largest absolute Gasteiger partial charge is 0.359 e.